The second-order valence-corrected chi connectivity index (χ2v) is 4.56. The van der Waals surface area contributed by atoms with Crippen molar-refractivity contribution in [2.24, 2.45) is 0 Å². The summed E-state index contributed by atoms with van der Waals surface area (Å²) in [5.74, 6) is -0.366. The van der Waals surface area contributed by atoms with Gasteiger partial charge in [0.05, 0.1) is 0 Å². The molecule has 1 aliphatic heterocycles. The van der Waals surface area contributed by atoms with E-state index in [0.29, 0.717) is 11.3 Å². The number of hydrogen-bond donors (Lipinski definition) is 2. The molecule has 1 heterocycles. The Balaban J connectivity index is 1.96. The number of amides is 1. The molecule has 19 heavy (non-hydrogen) atoms. The Morgan fingerprint density at radius 2 is 1.84 bits per heavy atom. The standard InChI is InChI=1S/C15H14N2O2/c1-17(10-5-3-2-4-6-10)11-7-8-12-13(9-11)16-15(19)14(12)18/h2-9,14,18H,1H3,(H,16,19). The third-order valence-corrected chi connectivity index (χ3v) is 3.37. The van der Waals surface area contributed by atoms with Crippen LogP contribution < -0.4 is 10.2 Å². The second-order valence-electron chi connectivity index (χ2n) is 4.56. The van der Waals surface area contributed by atoms with Crippen LogP contribution in [-0.2, 0) is 4.79 Å². The molecule has 0 radical (unpaired) electrons. The van der Waals surface area contributed by atoms with Gasteiger partial charge in [-0.1, -0.05) is 24.3 Å². The average Bonchev–Trinajstić information content (AvgIpc) is 2.74. The molecule has 2 N–H and O–H groups in total. The van der Waals surface area contributed by atoms with Gasteiger partial charge in [0.25, 0.3) is 5.91 Å². The second kappa shape index (κ2) is 4.40. The van der Waals surface area contributed by atoms with Crippen LogP contribution in [0.3, 0.4) is 0 Å². The molecule has 0 saturated carbocycles. The van der Waals surface area contributed by atoms with E-state index >= 15 is 0 Å². The summed E-state index contributed by atoms with van der Waals surface area (Å²) in [6.45, 7) is 0. The lowest BCUT2D eigenvalue weighted by Gasteiger charge is -2.20. The van der Waals surface area contributed by atoms with Gasteiger partial charge in [0.1, 0.15) is 0 Å². The number of rotatable bonds is 2. The maximum absolute atomic E-state index is 11.4. The number of fused-ring (bicyclic) bond motifs is 1. The zero-order valence-corrected chi connectivity index (χ0v) is 10.5. The molecule has 0 bridgehead atoms. The van der Waals surface area contributed by atoms with E-state index in [4.69, 9.17) is 0 Å². The third-order valence-electron chi connectivity index (χ3n) is 3.37. The zero-order valence-electron chi connectivity index (χ0n) is 10.5. The maximum atomic E-state index is 11.4. The predicted octanol–water partition coefficient (Wildman–Crippen LogP) is 2.44. The fourth-order valence-electron chi connectivity index (χ4n) is 2.24. The summed E-state index contributed by atoms with van der Waals surface area (Å²) >= 11 is 0. The topological polar surface area (TPSA) is 52.6 Å². The summed E-state index contributed by atoms with van der Waals surface area (Å²) < 4.78 is 0. The van der Waals surface area contributed by atoms with Crippen LogP contribution in [0.2, 0.25) is 0 Å². The first-order valence-electron chi connectivity index (χ1n) is 6.08. The normalized spacial score (nSPS) is 16.9. The van der Waals surface area contributed by atoms with Gasteiger partial charge < -0.3 is 15.3 Å². The van der Waals surface area contributed by atoms with Crippen molar-refractivity contribution in [3.63, 3.8) is 0 Å². The summed E-state index contributed by atoms with van der Waals surface area (Å²) in [7, 11) is 1.96. The smallest absolute Gasteiger partial charge is 0.257 e. The van der Waals surface area contributed by atoms with Crippen LogP contribution in [0.4, 0.5) is 17.1 Å². The van der Waals surface area contributed by atoms with Gasteiger partial charge >= 0.3 is 0 Å². The van der Waals surface area contributed by atoms with E-state index in [1.807, 2.05) is 54.4 Å². The minimum atomic E-state index is -1.05. The molecule has 2 aromatic carbocycles. The molecule has 1 amide bonds. The minimum Gasteiger partial charge on any atom is -0.378 e. The summed E-state index contributed by atoms with van der Waals surface area (Å²) in [6.07, 6.45) is -1.05. The fraction of sp³-hybridized carbons (Fsp3) is 0.133. The highest BCUT2D eigenvalue weighted by Crippen LogP contribution is 2.35. The van der Waals surface area contributed by atoms with Crippen LogP contribution in [0.1, 0.15) is 11.7 Å². The number of anilines is 3. The van der Waals surface area contributed by atoms with Gasteiger partial charge in [-0.05, 0) is 24.3 Å². The van der Waals surface area contributed by atoms with E-state index in [0.717, 1.165) is 11.4 Å². The average molecular weight is 254 g/mol. The van der Waals surface area contributed by atoms with Crippen molar-refractivity contribution in [1.29, 1.82) is 0 Å². The summed E-state index contributed by atoms with van der Waals surface area (Å²) in [5.41, 5.74) is 3.33. The number of carbonyl (C=O) groups excluding carboxylic acids is 1. The van der Waals surface area contributed by atoms with Gasteiger partial charge in [-0.3, -0.25) is 4.79 Å². The molecule has 2 aromatic rings. The van der Waals surface area contributed by atoms with Crippen LogP contribution in [0.25, 0.3) is 0 Å². The van der Waals surface area contributed by atoms with Gasteiger partial charge in [0.2, 0.25) is 0 Å². The lowest BCUT2D eigenvalue weighted by molar-refractivity contribution is -0.123. The van der Waals surface area contributed by atoms with Crippen LogP contribution in [0.15, 0.2) is 48.5 Å². The summed E-state index contributed by atoms with van der Waals surface area (Å²) in [6, 6.07) is 15.5. The Morgan fingerprint density at radius 3 is 2.58 bits per heavy atom. The molecular formula is C15H14N2O2. The Hall–Kier alpha value is -2.33. The third kappa shape index (κ3) is 1.96. The Bertz CT molecular complexity index is 625. The lowest BCUT2D eigenvalue weighted by Crippen LogP contribution is -2.10. The number of nitrogens with one attached hydrogen (secondary N) is 1. The van der Waals surface area contributed by atoms with Crippen molar-refractivity contribution in [3.8, 4) is 0 Å². The van der Waals surface area contributed by atoms with E-state index in [1.165, 1.54) is 0 Å². The van der Waals surface area contributed by atoms with E-state index in [2.05, 4.69) is 5.32 Å². The van der Waals surface area contributed by atoms with E-state index in [1.54, 1.807) is 6.07 Å². The number of hydrogen-bond acceptors (Lipinski definition) is 3. The molecule has 3 rings (SSSR count). The predicted molar refractivity (Wildman–Crippen MR) is 74.5 cm³/mol. The van der Waals surface area contributed by atoms with Crippen molar-refractivity contribution >= 4 is 23.0 Å². The zero-order chi connectivity index (χ0) is 13.4. The SMILES string of the molecule is CN(c1ccccc1)c1ccc2c(c1)NC(=O)C2O. The van der Waals surface area contributed by atoms with E-state index < -0.39 is 6.10 Å². The Labute approximate surface area is 111 Å². The van der Waals surface area contributed by atoms with Crippen LogP contribution >= 0.6 is 0 Å². The number of aliphatic hydroxyl groups excluding tert-OH is 1. The first-order valence-corrected chi connectivity index (χ1v) is 6.08. The number of nitrogens with zero attached hydrogens (tertiary/aromatic N) is 1. The number of para-hydroxylation sites is 1. The van der Waals surface area contributed by atoms with Gasteiger partial charge in [-0.25, -0.2) is 0 Å². The first-order chi connectivity index (χ1) is 9.16. The fourth-order valence-corrected chi connectivity index (χ4v) is 2.24. The number of aliphatic hydroxyl groups is 1. The molecule has 4 nitrogen and oxygen atoms in total. The minimum absolute atomic E-state index is 0.366. The molecule has 1 aliphatic rings. The van der Waals surface area contributed by atoms with Crippen molar-refractivity contribution in [3.05, 3.63) is 54.1 Å². The van der Waals surface area contributed by atoms with Gasteiger partial charge in [0, 0.05) is 29.7 Å². The van der Waals surface area contributed by atoms with Gasteiger partial charge in [-0.15, -0.1) is 0 Å². The largest absolute Gasteiger partial charge is 0.378 e. The van der Waals surface area contributed by atoms with Gasteiger partial charge in [0.15, 0.2) is 6.10 Å². The number of benzene rings is 2. The monoisotopic (exact) mass is 254 g/mol. The molecule has 1 unspecified atom stereocenters. The molecule has 0 fully saturated rings. The Morgan fingerprint density at radius 1 is 1.11 bits per heavy atom. The van der Waals surface area contributed by atoms with Crippen molar-refractivity contribution in [2.75, 3.05) is 17.3 Å². The van der Waals surface area contributed by atoms with E-state index in [9.17, 15) is 9.90 Å². The molecule has 0 saturated heterocycles. The molecule has 0 aromatic heterocycles. The van der Waals surface area contributed by atoms with Crippen LogP contribution in [0.5, 0.6) is 0 Å². The summed E-state index contributed by atoms with van der Waals surface area (Å²) in [5, 5.41) is 12.3. The molecule has 96 valence electrons. The van der Waals surface area contributed by atoms with Crippen molar-refractivity contribution in [2.45, 2.75) is 6.10 Å². The highest BCUT2D eigenvalue weighted by molar-refractivity contribution is 6.02. The van der Waals surface area contributed by atoms with Crippen LogP contribution in [-0.4, -0.2) is 18.1 Å². The molecule has 0 aliphatic carbocycles. The summed E-state index contributed by atoms with van der Waals surface area (Å²) in [4.78, 5) is 13.4. The van der Waals surface area contributed by atoms with Gasteiger partial charge in [-0.2, -0.15) is 0 Å². The first kappa shape index (κ1) is 11.7. The Kier molecular flexibility index (Phi) is 2.72. The van der Waals surface area contributed by atoms with Crippen molar-refractivity contribution in [1.82, 2.24) is 0 Å². The molecule has 4 heteroatoms. The molecule has 1 atom stereocenters. The highest BCUT2D eigenvalue weighted by atomic mass is 16.3. The number of carbonyl (C=O) groups is 1. The quantitative estimate of drug-likeness (QED) is 0.865. The molecule has 0 spiro atoms. The van der Waals surface area contributed by atoms with E-state index in [-0.39, 0.29) is 5.91 Å². The molecular weight excluding hydrogens is 240 g/mol. The lowest BCUT2D eigenvalue weighted by atomic mass is 10.1. The highest BCUT2D eigenvalue weighted by Gasteiger charge is 2.28. The maximum Gasteiger partial charge on any atom is 0.257 e. The van der Waals surface area contributed by atoms with Crippen molar-refractivity contribution < 1.29 is 9.90 Å². The van der Waals surface area contributed by atoms with Crippen LogP contribution in [0, 0.1) is 0 Å².